The minimum atomic E-state index is -0.197. The van der Waals surface area contributed by atoms with Gasteiger partial charge in [-0.2, -0.15) is 0 Å². The average molecular weight is 279 g/mol. The number of carbonyl (C=O) groups excluding carboxylic acids is 1. The second kappa shape index (κ2) is 5.40. The summed E-state index contributed by atoms with van der Waals surface area (Å²) >= 11 is 5.84. The Morgan fingerprint density at radius 3 is 2.47 bits per heavy atom. The quantitative estimate of drug-likeness (QED) is 0.934. The summed E-state index contributed by atoms with van der Waals surface area (Å²) in [6.07, 6.45) is 1.68. The van der Waals surface area contributed by atoms with Crippen LogP contribution in [0, 0.1) is 13.8 Å². The molecule has 100 valence electrons. The zero-order valence-electron chi connectivity index (χ0n) is 11.1. The molecule has 0 fully saturated rings. The zero-order valence-corrected chi connectivity index (χ0v) is 11.8. The third-order valence-electron chi connectivity index (χ3n) is 2.64. The van der Waals surface area contributed by atoms with Crippen molar-refractivity contribution in [2.75, 3.05) is 0 Å². The van der Waals surface area contributed by atoms with Gasteiger partial charge in [-0.05, 0) is 26.0 Å². The van der Waals surface area contributed by atoms with E-state index in [4.69, 9.17) is 11.6 Å². The number of carbonyl (C=O) groups is 1. The molecule has 2 rings (SSSR count). The molecule has 0 bridgehead atoms. The molecule has 0 saturated heterocycles. The minimum absolute atomic E-state index is 0.197. The summed E-state index contributed by atoms with van der Waals surface area (Å²) in [5.41, 5.74) is 2.28. The first kappa shape index (κ1) is 13.5. The lowest BCUT2D eigenvalue weighted by atomic mass is 10.3. The third kappa shape index (κ3) is 3.32. The molecule has 2 aromatic heterocycles. The summed E-state index contributed by atoms with van der Waals surface area (Å²) in [5.74, 6) is 0.406. The van der Waals surface area contributed by atoms with Gasteiger partial charge in [-0.25, -0.2) is 9.97 Å². The van der Waals surface area contributed by atoms with Crippen LogP contribution in [0.25, 0.3) is 0 Å². The highest BCUT2D eigenvalue weighted by atomic mass is 35.5. The van der Waals surface area contributed by atoms with Gasteiger partial charge in [0.05, 0.1) is 11.6 Å². The number of aromatic nitrogens is 3. The van der Waals surface area contributed by atoms with Crippen molar-refractivity contribution in [2.45, 2.75) is 20.4 Å². The summed E-state index contributed by atoms with van der Waals surface area (Å²) in [6, 6.07) is 3.52. The topological polar surface area (TPSA) is 59.8 Å². The smallest absolute Gasteiger partial charge is 0.268 e. The maximum absolute atomic E-state index is 12.0. The number of aryl methyl sites for hydroxylation is 3. The van der Waals surface area contributed by atoms with Crippen LogP contribution in [0.4, 0.5) is 0 Å². The predicted molar refractivity (Wildman–Crippen MR) is 73.1 cm³/mol. The lowest BCUT2D eigenvalue weighted by Gasteiger charge is -2.06. The van der Waals surface area contributed by atoms with Gasteiger partial charge in [-0.15, -0.1) is 0 Å². The molecule has 0 atom stereocenters. The van der Waals surface area contributed by atoms with Gasteiger partial charge in [0.25, 0.3) is 5.91 Å². The van der Waals surface area contributed by atoms with Crippen LogP contribution in [0.1, 0.15) is 27.7 Å². The Bertz CT molecular complexity index is 601. The number of hydrogen-bond acceptors (Lipinski definition) is 3. The number of rotatable bonds is 3. The molecule has 2 heterocycles. The first-order valence-corrected chi connectivity index (χ1v) is 6.24. The lowest BCUT2D eigenvalue weighted by Crippen LogP contribution is -2.26. The fraction of sp³-hybridized carbons (Fsp3) is 0.308. The lowest BCUT2D eigenvalue weighted by molar-refractivity contribution is 0.0941. The molecule has 0 aliphatic heterocycles. The van der Waals surface area contributed by atoms with E-state index in [0.29, 0.717) is 23.1 Å². The summed E-state index contributed by atoms with van der Waals surface area (Å²) in [4.78, 5) is 20.5. The number of nitrogens with one attached hydrogen (secondary N) is 1. The Labute approximate surface area is 116 Å². The minimum Gasteiger partial charge on any atom is -0.345 e. The molecule has 0 saturated carbocycles. The Kier molecular flexibility index (Phi) is 3.85. The molecule has 1 amide bonds. The van der Waals surface area contributed by atoms with Gasteiger partial charge in [-0.1, -0.05) is 11.6 Å². The van der Waals surface area contributed by atoms with E-state index in [0.717, 1.165) is 11.4 Å². The highest BCUT2D eigenvalue weighted by molar-refractivity contribution is 6.31. The van der Waals surface area contributed by atoms with Crippen molar-refractivity contribution in [3.05, 3.63) is 46.3 Å². The van der Waals surface area contributed by atoms with Crippen molar-refractivity contribution in [1.82, 2.24) is 19.9 Å². The molecule has 0 aliphatic rings. The predicted octanol–water partition coefficient (Wildman–Crippen LogP) is 2.02. The molecule has 0 radical (unpaired) electrons. The maximum Gasteiger partial charge on any atom is 0.268 e. The van der Waals surface area contributed by atoms with Crippen LogP contribution in [0.5, 0.6) is 0 Å². The van der Waals surface area contributed by atoms with Crippen LogP contribution in [-0.2, 0) is 13.6 Å². The van der Waals surface area contributed by atoms with Crippen molar-refractivity contribution in [3.63, 3.8) is 0 Å². The van der Waals surface area contributed by atoms with E-state index < -0.39 is 0 Å². The zero-order chi connectivity index (χ0) is 14.0. The molecule has 6 heteroatoms. The second-order valence-electron chi connectivity index (χ2n) is 4.40. The fourth-order valence-corrected chi connectivity index (χ4v) is 2.13. The standard InChI is InChI=1S/C13H15ClN4O/c1-8-4-9(2)17-12(16-8)6-15-13(19)11-5-10(14)7-18(11)3/h4-5,7H,6H2,1-3H3,(H,15,19). The molecule has 5 nitrogen and oxygen atoms in total. The van der Waals surface area contributed by atoms with E-state index in [2.05, 4.69) is 15.3 Å². The first-order chi connectivity index (χ1) is 8.95. The van der Waals surface area contributed by atoms with Crippen molar-refractivity contribution in [2.24, 2.45) is 7.05 Å². The Morgan fingerprint density at radius 2 is 1.95 bits per heavy atom. The van der Waals surface area contributed by atoms with Gasteiger partial charge in [0.2, 0.25) is 0 Å². The van der Waals surface area contributed by atoms with Crippen LogP contribution in [-0.4, -0.2) is 20.4 Å². The molecular weight excluding hydrogens is 264 g/mol. The summed E-state index contributed by atoms with van der Waals surface area (Å²) < 4.78 is 1.68. The summed E-state index contributed by atoms with van der Waals surface area (Å²) in [5, 5.41) is 3.32. The van der Waals surface area contributed by atoms with Crippen LogP contribution in [0.2, 0.25) is 5.02 Å². The van der Waals surface area contributed by atoms with Crippen LogP contribution >= 0.6 is 11.6 Å². The molecule has 2 aromatic rings. The van der Waals surface area contributed by atoms with E-state index in [1.165, 1.54) is 0 Å². The van der Waals surface area contributed by atoms with E-state index in [1.54, 1.807) is 23.9 Å². The van der Waals surface area contributed by atoms with Crippen molar-refractivity contribution < 1.29 is 4.79 Å². The van der Waals surface area contributed by atoms with E-state index in [9.17, 15) is 4.79 Å². The number of halogens is 1. The molecule has 0 spiro atoms. The number of hydrogen-bond donors (Lipinski definition) is 1. The number of amides is 1. The van der Waals surface area contributed by atoms with Gasteiger partial charge in [0.1, 0.15) is 11.5 Å². The highest BCUT2D eigenvalue weighted by Gasteiger charge is 2.11. The third-order valence-corrected chi connectivity index (χ3v) is 2.85. The molecular formula is C13H15ClN4O. The van der Waals surface area contributed by atoms with Crippen molar-refractivity contribution in [1.29, 1.82) is 0 Å². The summed E-state index contributed by atoms with van der Waals surface area (Å²) in [6.45, 7) is 4.10. The molecule has 19 heavy (non-hydrogen) atoms. The molecule has 0 unspecified atom stereocenters. The van der Waals surface area contributed by atoms with E-state index in [-0.39, 0.29) is 5.91 Å². The monoisotopic (exact) mass is 278 g/mol. The summed E-state index contributed by atoms with van der Waals surface area (Å²) in [7, 11) is 1.77. The van der Waals surface area contributed by atoms with E-state index in [1.807, 2.05) is 19.9 Å². The normalized spacial score (nSPS) is 10.5. The Hall–Kier alpha value is -1.88. The second-order valence-corrected chi connectivity index (χ2v) is 4.84. The molecule has 0 aromatic carbocycles. The highest BCUT2D eigenvalue weighted by Crippen LogP contribution is 2.12. The largest absolute Gasteiger partial charge is 0.345 e. The molecule has 1 N–H and O–H groups in total. The van der Waals surface area contributed by atoms with Gasteiger partial charge in [-0.3, -0.25) is 4.79 Å². The van der Waals surface area contributed by atoms with Gasteiger partial charge in [0, 0.05) is 24.6 Å². The fourth-order valence-electron chi connectivity index (χ4n) is 1.88. The average Bonchev–Trinajstić information content (AvgIpc) is 2.64. The van der Waals surface area contributed by atoms with E-state index >= 15 is 0 Å². The van der Waals surface area contributed by atoms with Gasteiger partial charge < -0.3 is 9.88 Å². The number of nitrogens with zero attached hydrogens (tertiary/aromatic N) is 3. The first-order valence-electron chi connectivity index (χ1n) is 5.87. The van der Waals surface area contributed by atoms with Crippen molar-refractivity contribution >= 4 is 17.5 Å². The van der Waals surface area contributed by atoms with Crippen LogP contribution < -0.4 is 5.32 Å². The maximum atomic E-state index is 12.0. The van der Waals surface area contributed by atoms with Gasteiger partial charge in [0.15, 0.2) is 0 Å². The van der Waals surface area contributed by atoms with Gasteiger partial charge >= 0.3 is 0 Å². The van der Waals surface area contributed by atoms with Crippen LogP contribution in [0.15, 0.2) is 18.3 Å². The molecule has 0 aliphatic carbocycles. The SMILES string of the molecule is Cc1cc(C)nc(CNC(=O)c2cc(Cl)cn2C)n1. The Morgan fingerprint density at radius 1 is 1.32 bits per heavy atom. The van der Waals surface area contributed by atoms with Crippen LogP contribution in [0.3, 0.4) is 0 Å². The Balaban J connectivity index is 2.06. The van der Waals surface area contributed by atoms with Crippen molar-refractivity contribution in [3.8, 4) is 0 Å².